The maximum atomic E-state index is 13.0. The second-order valence-electron chi connectivity index (χ2n) is 6.43. The van der Waals surface area contributed by atoms with Crippen LogP contribution in [0.1, 0.15) is 10.4 Å². The molecule has 2 aromatic carbocycles. The van der Waals surface area contributed by atoms with Gasteiger partial charge in [-0.05, 0) is 41.8 Å². The summed E-state index contributed by atoms with van der Waals surface area (Å²) < 4.78 is 27.1. The molecule has 30 heavy (non-hydrogen) atoms. The van der Waals surface area contributed by atoms with Crippen molar-refractivity contribution in [2.45, 2.75) is 4.90 Å². The Bertz CT molecular complexity index is 1270. The fourth-order valence-corrected chi connectivity index (χ4v) is 4.80. The lowest BCUT2D eigenvalue weighted by atomic mass is 10.2. The molecule has 0 radical (unpaired) electrons. The van der Waals surface area contributed by atoms with E-state index in [9.17, 15) is 13.2 Å². The van der Waals surface area contributed by atoms with Crippen molar-refractivity contribution < 1.29 is 13.2 Å². The molecule has 2 N–H and O–H groups in total. The fourth-order valence-electron chi connectivity index (χ4n) is 2.86. The van der Waals surface area contributed by atoms with E-state index in [-0.39, 0.29) is 10.5 Å². The molecule has 0 aliphatic carbocycles. The number of nitrogens with zero attached hydrogens (tertiary/aromatic N) is 2. The maximum Gasteiger partial charge on any atom is 0.264 e. The number of sulfonamides is 1. The molecule has 0 bridgehead atoms. The summed E-state index contributed by atoms with van der Waals surface area (Å²) in [5, 5.41) is 11.6. The fraction of sp³-hybridized carbons (Fsp3) is 0.0476. The highest BCUT2D eigenvalue weighted by atomic mass is 32.2. The van der Waals surface area contributed by atoms with Crippen LogP contribution in [0.15, 0.2) is 83.1 Å². The number of para-hydroxylation sites is 1. The van der Waals surface area contributed by atoms with Crippen LogP contribution in [0.3, 0.4) is 0 Å². The second-order valence-corrected chi connectivity index (χ2v) is 9.35. The zero-order chi connectivity index (χ0) is 21.1. The smallest absolute Gasteiger partial charge is 0.264 e. The molecule has 152 valence electrons. The van der Waals surface area contributed by atoms with E-state index in [2.05, 4.69) is 15.5 Å². The van der Waals surface area contributed by atoms with Gasteiger partial charge in [0.15, 0.2) is 5.82 Å². The van der Waals surface area contributed by atoms with Crippen LogP contribution < -0.4 is 9.62 Å². The van der Waals surface area contributed by atoms with Crippen molar-refractivity contribution in [1.82, 2.24) is 10.2 Å². The Morgan fingerprint density at radius 3 is 2.57 bits per heavy atom. The Morgan fingerprint density at radius 2 is 1.83 bits per heavy atom. The molecule has 0 spiro atoms. The number of carbonyl (C=O) groups excluding carboxylic acids is 1. The van der Waals surface area contributed by atoms with Gasteiger partial charge in [-0.15, -0.1) is 11.3 Å². The number of aromatic nitrogens is 2. The summed E-state index contributed by atoms with van der Waals surface area (Å²) in [6.07, 6.45) is 0. The average molecular weight is 439 g/mol. The standard InChI is InChI=1S/C21H18N4O3S2/c1-25(16-8-3-2-4-9-16)30(27,28)17-10-5-7-15(13-17)21(26)22-20-14-18(23-24-20)19-11-6-12-29-19/h2-14H,1H3,(H2,22,23,24,26). The van der Waals surface area contributed by atoms with E-state index in [1.54, 1.807) is 53.8 Å². The molecule has 9 heteroatoms. The molecule has 0 fully saturated rings. The predicted molar refractivity (Wildman–Crippen MR) is 118 cm³/mol. The monoisotopic (exact) mass is 438 g/mol. The lowest BCUT2D eigenvalue weighted by Crippen LogP contribution is -2.26. The first-order valence-corrected chi connectivity index (χ1v) is 11.3. The molecule has 0 saturated carbocycles. The summed E-state index contributed by atoms with van der Waals surface area (Å²) in [6, 6.07) is 20.3. The average Bonchev–Trinajstić information content (AvgIpc) is 3.46. The number of benzene rings is 2. The highest BCUT2D eigenvalue weighted by Crippen LogP contribution is 2.25. The highest BCUT2D eigenvalue weighted by Gasteiger charge is 2.22. The van der Waals surface area contributed by atoms with E-state index in [0.717, 1.165) is 10.6 Å². The molecule has 0 unspecified atom stereocenters. The van der Waals surface area contributed by atoms with Crippen molar-refractivity contribution in [2.75, 3.05) is 16.7 Å². The Labute approximate surface area is 178 Å². The third-order valence-corrected chi connectivity index (χ3v) is 7.17. The van der Waals surface area contributed by atoms with Gasteiger partial charge in [-0.3, -0.25) is 14.2 Å². The summed E-state index contributed by atoms with van der Waals surface area (Å²) in [4.78, 5) is 13.7. The van der Waals surface area contributed by atoms with Crippen LogP contribution >= 0.6 is 11.3 Å². The van der Waals surface area contributed by atoms with Crippen LogP contribution in [0.25, 0.3) is 10.6 Å². The van der Waals surface area contributed by atoms with Crippen molar-refractivity contribution in [1.29, 1.82) is 0 Å². The van der Waals surface area contributed by atoms with Gasteiger partial charge in [0.2, 0.25) is 0 Å². The van der Waals surface area contributed by atoms with E-state index < -0.39 is 15.9 Å². The van der Waals surface area contributed by atoms with E-state index >= 15 is 0 Å². The first-order chi connectivity index (χ1) is 14.4. The summed E-state index contributed by atoms with van der Waals surface area (Å²) in [5.74, 6) is -0.0864. The molecule has 4 aromatic rings. The molecule has 0 saturated heterocycles. The van der Waals surface area contributed by atoms with Gasteiger partial charge in [0, 0.05) is 18.7 Å². The molecule has 4 rings (SSSR count). The van der Waals surface area contributed by atoms with Gasteiger partial charge in [-0.1, -0.05) is 30.3 Å². The van der Waals surface area contributed by atoms with Gasteiger partial charge >= 0.3 is 0 Å². The van der Waals surface area contributed by atoms with Crippen molar-refractivity contribution in [3.8, 4) is 10.6 Å². The third-order valence-electron chi connectivity index (χ3n) is 4.48. The quantitative estimate of drug-likeness (QED) is 0.471. The number of amides is 1. The first-order valence-electron chi connectivity index (χ1n) is 9.00. The van der Waals surface area contributed by atoms with Crippen LogP contribution in [0.5, 0.6) is 0 Å². The number of nitrogens with one attached hydrogen (secondary N) is 2. The SMILES string of the molecule is CN(c1ccccc1)S(=O)(=O)c1cccc(C(=O)Nc2cc(-c3cccs3)[nH]n2)c1. The Balaban J connectivity index is 1.55. The normalized spacial score (nSPS) is 11.2. The van der Waals surface area contributed by atoms with Crippen molar-refractivity contribution in [2.24, 2.45) is 0 Å². The predicted octanol–water partition coefficient (Wildman–Crippen LogP) is 4.22. The highest BCUT2D eigenvalue weighted by molar-refractivity contribution is 7.92. The summed E-state index contributed by atoms with van der Waals surface area (Å²) in [7, 11) is -2.33. The third kappa shape index (κ3) is 3.98. The zero-order valence-corrected chi connectivity index (χ0v) is 17.6. The number of hydrogen-bond acceptors (Lipinski definition) is 5. The molecule has 2 heterocycles. The lowest BCUT2D eigenvalue weighted by Gasteiger charge is -2.19. The van der Waals surface area contributed by atoms with Crippen LogP contribution in [-0.4, -0.2) is 31.6 Å². The lowest BCUT2D eigenvalue weighted by molar-refractivity contribution is 0.102. The van der Waals surface area contributed by atoms with Crippen LogP contribution in [-0.2, 0) is 10.0 Å². The number of thiophene rings is 1. The number of carbonyl (C=O) groups is 1. The number of hydrogen-bond donors (Lipinski definition) is 2. The topological polar surface area (TPSA) is 95.2 Å². The first kappa shape index (κ1) is 19.9. The van der Waals surface area contributed by atoms with E-state index in [4.69, 9.17) is 0 Å². The van der Waals surface area contributed by atoms with E-state index in [1.165, 1.54) is 23.5 Å². The number of rotatable bonds is 6. The Hall–Kier alpha value is -3.43. The molecule has 2 aromatic heterocycles. The van der Waals surface area contributed by atoms with E-state index in [1.807, 2.05) is 23.6 Å². The molecule has 1 amide bonds. The maximum absolute atomic E-state index is 13.0. The molecule has 0 aliphatic heterocycles. The zero-order valence-electron chi connectivity index (χ0n) is 15.9. The van der Waals surface area contributed by atoms with Crippen molar-refractivity contribution in [3.63, 3.8) is 0 Å². The largest absolute Gasteiger partial charge is 0.305 e. The minimum Gasteiger partial charge on any atom is -0.305 e. The van der Waals surface area contributed by atoms with Crippen LogP contribution in [0.2, 0.25) is 0 Å². The molecule has 7 nitrogen and oxygen atoms in total. The second kappa shape index (κ2) is 8.13. The van der Waals surface area contributed by atoms with E-state index in [0.29, 0.717) is 11.5 Å². The Kier molecular flexibility index (Phi) is 5.39. The molecule has 0 atom stereocenters. The number of anilines is 2. The van der Waals surface area contributed by atoms with Gasteiger partial charge in [0.1, 0.15) is 0 Å². The van der Waals surface area contributed by atoms with Crippen molar-refractivity contribution in [3.05, 3.63) is 83.7 Å². The number of H-pyrrole nitrogens is 1. The molecular weight excluding hydrogens is 420 g/mol. The van der Waals surface area contributed by atoms with Gasteiger partial charge in [-0.2, -0.15) is 5.10 Å². The minimum absolute atomic E-state index is 0.0304. The van der Waals surface area contributed by atoms with Gasteiger partial charge < -0.3 is 5.32 Å². The van der Waals surface area contributed by atoms with Gasteiger partial charge in [0.05, 0.1) is 21.2 Å². The molecule has 0 aliphatic rings. The minimum atomic E-state index is -3.81. The van der Waals surface area contributed by atoms with Gasteiger partial charge in [0.25, 0.3) is 15.9 Å². The summed E-state index contributed by atoms with van der Waals surface area (Å²) >= 11 is 1.55. The van der Waals surface area contributed by atoms with Gasteiger partial charge in [-0.25, -0.2) is 8.42 Å². The van der Waals surface area contributed by atoms with Crippen LogP contribution in [0, 0.1) is 0 Å². The van der Waals surface area contributed by atoms with Crippen molar-refractivity contribution >= 4 is 38.8 Å². The summed E-state index contributed by atoms with van der Waals surface area (Å²) in [5.41, 5.74) is 1.55. The summed E-state index contributed by atoms with van der Waals surface area (Å²) in [6.45, 7) is 0. The Morgan fingerprint density at radius 1 is 1.03 bits per heavy atom. The van der Waals surface area contributed by atoms with Crippen LogP contribution in [0.4, 0.5) is 11.5 Å². The number of aromatic amines is 1. The molecular formula is C21H18N4O3S2.